The number of rotatable bonds is 6. The second-order valence-corrected chi connectivity index (χ2v) is 5.51. The maximum atomic E-state index is 12.2. The first-order valence-electron chi connectivity index (χ1n) is 6.68. The second-order valence-electron chi connectivity index (χ2n) is 4.76. The molecule has 6 nitrogen and oxygen atoms in total. The number of anilines is 1. The minimum Gasteiger partial charge on any atom is -0.492 e. The van der Waals surface area contributed by atoms with Crippen molar-refractivity contribution in [3.05, 3.63) is 34.8 Å². The molecule has 1 amide bonds. The molecule has 1 aromatic carbocycles. The van der Waals surface area contributed by atoms with Gasteiger partial charge in [0.25, 0.3) is 5.91 Å². The molecule has 1 heterocycles. The fourth-order valence-electron chi connectivity index (χ4n) is 1.73. The lowest BCUT2D eigenvalue weighted by molar-refractivity contribution is 0.102. The van der Waals surface area contributed by atoms with E-state index in [4.69, 9.17) is 10.5 Å². The minimum atomic E-state index is -0.190. The standard InChI is InChI=1S/C14H18N4O2S/c1-9(2)12-13(21-18-17-12)14(19)16-10-3-5-11(6-4-10)20-8-7-15/h3-6,9H,7-8,15H2,1-2H3,(H,16,19). The van der Waals surface area contributed by atoms with Gasteiger partial charge in [0.05, 0.1) is 5.69 Å². The Balaban J connectivity index is 2.04. The Morgan fingerprint density at radius 3 is 2.71 bits per heavy atom. The van der Waals surface area contributed by atoms with Gasteiger partial charge in [-0.3, -0.25) is 4.79 Å². The van der Waals surface area contributed by atoms with E-state index in [2.05, 4.69) is 14.9 Å². The molecule has 0 aliphatic rings. The van der Waals surface area contributed by atoms with Crippen molar-refractivity contribution >= 4 is 23.1 Å². The van der Waals surface area contributed by atoms with Crippen LogP contribution in [-0.4, -0.2) is 28.6 Å². The molecule has 0 radical (unpaired) electrons. The van der Waals surface area contributed by atoms with Crippen LogP contribution in [0, 0.1) is 0 Å². The summed E-state index contributed by atoms with van der Waals surface area (Å²) >= 11 is 1.11. The zero-order chi connectivity index (χ0) is 15.2. The lowest BCUT2D eigenvalue weighted by Gasteiger charge is -2.08. The topological polar surface area (TPSA) is 90.1 Å². The highest BCUT2D eigenvalue weighted by atomic mass is 32.1. The molecule has 0 fully saturated rings. The number of hydrogen-bond donors (Lipinski definition) is 2. The lowest BCUT2D eigenvalue weighted by Crippen LogP contribution is -2.13. The summed E-state index contributed by atoms with van der Waals surface area (Å²) in [6.45, 7) is 4.90. The molecule has 0 unspecified atom stereocenters. The summed E-state index contributed by atoms with van der Waals surface area (Å²) in [6, 6.07) is 7.15. The highest BCUT2D eigenvalue weighted by Crippen LogP contribution is 2.22. The molecule has 2 rings (SSSR count). The quantitative estimate of drug-likeness (QED) is 0.854. The molecule has 0 spiro atoms. The number of ether oxygens (including phenoxy) is 1. The van der Waals surface area contributed by atoms with Crippen molar-refractivity contribution in [3.8, 4) is 5.75 Å². The van der Waals surface area contributed by atoms with Gasteiger partial charge in [-0.2, -0.15) is 0 Å². The number of benzene rings is 1. The largest absolute Gasteiger partial charge is 0.492 e. The van der Waals surface area contributed by atoms with Gasteiger partial charge in [0, 0.05) is 12.2 Å². The molecule has 7 heteroatoms. The van der Waals surface area contributed by atoms with Crippen molar-refractivity contribution in [1.29, 1.82) is 0 Å². The van der Waals surface area contributed by atoms with Crippen molar-refractivity contribution in [2.75, 3.05) is 18.5 Å². The fraction of sp³-hybridized carbons (Fsp3) is 0.357. The number of carbonyl (C=O) groups excluding carboxylic acids is 1. The van der Waals surface area contributed by atoms with Gasteiger partial charge in [0.15, 0.2) is 0 Å². The average molecular weight is 306 g/mol. The van der Waals surface area contributed by atoms with Gasteiger partial charge in [-0.25, -0.2) is 0 Å². The highest BCUT2D eigenvalue weighted by molar-refractivity contribution is 7.08. The molecule has 2 aromatic rings. The molecule has 0 bridgehead atoms. The summed E-state index contributed by atoms with van der Waals surface area (Å²) < 4.78 is 9.24. The van der Waals surface area contributed by atoms with Crippen molar-refractivity contribution in [3.63, 3.8) is 0 Å². The Kier molecular flexibility index (Phi) is 5.24. The van der Waals surface area contributed by atoms with Gasteiger partial charge in [-0.1, -0.05) is 18.3 Å². The van der Waals surface area contributed by atoms with E-state index in [0.29, 0.717) is 23.7 Å². The van der Waals surface area contributed by atoms with Crippen LogP contribution in [0.3, 0.4) is 0 Å². The molecular formula is C14H18N4O2S. The molecule has 0 aliphatic carbocycles. The Bertz CT molecular complexity index is 595. The van der Waals surface area contributed by atoms with Crippen LogP contribution in [0.2, 0.25) is 0 Å². The van der Waals surface area contributed by atoms with E-state index >= 15 is 0 Å². The Hall–Kier alpha value is -1.99. The summed E-state index contributed by atoms with van der Waals surface area (Å²) in [6.07, 6.45) is 0. The number of nitrogens with zero attached hydrogens (tertiary/aromatic N) is 2. The molecule has 3 N–H and O–H groups in total. The second kappa shape index (κ2) is 7.14. The van der Waals surface area contributed by atoms with Crippen molar-refractivity contribution < 1.29 is 9.53 Å². The molecule has 0 saturated carbocycles. The van der Waals surface area contributed by atoms with Crippen LogP contribution in [-0.2, 0) is 0 Å². The zero-order valence-corrected chi connectivity index (χ0v) is 12.8. The number of aromatic nitrogens is 2. The van der Waals surface area contributed by atoms with Gasteiger partial charge in [0.2, 0.25) is 0 Å². The van der Waals surface area contributed by atoms with Crippen LogP contribution in [0.1, 0.15) is 35.1 Å². The van der Waals surface area contributed by atoms with Crippen LogP contribution in [0.4, 0.5) is 5.69 Å². The predicted octanol–water partition coefficient (Wildman–Crippen LogP) is 2.25. The Morgan fingerprint density at radius 2 is 2.10 bits per heavy atom. The van der Waals surface area contributed by atoms with E-state index in [1.54, 1.807) is 24.3 Å². The van der Waals surface area contributed by atoms with Gasteiger partial charge in [-0.05, 0) is 41.7 Å². The summed E-state index contributed by atoms with van der Waals surface area (Å²) in [4.78, 5) is 12.8. The number of amides is 1. The smallest absolute Gasteiger partial charge is 0.269 e. The van der Waals surface area contributed by atoms with E-state index in [0.717, 1.165) is 23.0 Å². The van der Waals surface area contributed by atoms with Crippen LogP contribution in [0.25, 0.3) is 0 Å². The van der Waals surface area contributed by atoms with E-state index in [-0.39, 0.29) is 11.8 Å². The third-order valence-electron chi connectivity index (χ3n) is 2.77. The monoisotopic (exact) mass is 306 g/mol. The van der Waals surface area contributed by atoms with Crippen molar-refractivity contribution in [1.82, 2.24) is 9.59 Å². The third kappa shape index (κ3) is 3.99. The normalized spacial score (nSPS) is 10.7. The molecule has 21 heavy (non-hydrogen) atoms. The average Bonchev–Trinajstić information content (AvgIpc) is 2.96. The minimum absolute atomic E-state index is 0.163. The van der Waals surface area contributed by atoms with Crippen LogP contribution >= 0.6 is 11.5 Å². The van der Waals surface area contributed by atoms with Crippen molar-refractivity contribution in [2.24, 2.45) is 5.73 Å². The fourth-order valence-corrected chi connectivity index (χ4v) is 2.45. The number of nitrogens with two attached hydrogens (primary N) is 1. The molecule has 0 atom stereocenters. The van der Waals surface area contributed by atoms with E-state index in [1.165, 1.54) is 0 Å². The summed E-state index contributed by atoms with van der Waals surface area (Å²) in [5.41, 5.74) is 6.79. The predicted molar refractivity (Wildman–Crippen MR) is 82.9 cm³/mol. The maximum absolute atomic E-state index is 12.2. The summed E-state index contributed by atoms with van der Waals surface area (Å²) in [5, 5.41) is 6.84. The van der Waals surface area contributed by atoms with Gasteiger partial charge >= 0.3 is 0 Å². The maximum Gasteiger partial charge on any atom is 0.269 e. The SMILES string of the molecule is CC(C)c1nnsc1C(=O)Nc1ccc(OCCN)cc1. The Labute approximate surface area is 127 Å². The number of nitrogens with one attached hydrogen (secondary N) is 1. The lowest BCUT2D eigenvalue weighted by atomic mass is 10.1. The molecular weight excluding hydrogens is 288 g/mol. The van der Waals surface area contributed by atoms with Gasteiger partial charge in [0.1, 0.15) is 17.2 Å². The third-order valence-corrected chi connectivity index (χ3v) is 3.51. The first-order valence-corrected chi connectivity index (χ1v) is 7.45. The molecule has 112 valence electrons. The van der Waals surface area contributed by atoms with Crippen LogP contribution < -0.4 is 15.8 Å². The van der Waals surface area contributed by atoms with E-state index in [9.17, 15) is 4.79 Å². The molecule has 0 aliphatic heterocycles. The summed E-state index contributed by atoms with van der Waals surface area (Å²) in [5.74, 6) is 0.696. The highest BCUT2D eigenvalue weighted by Gasteiger charge is 2.18. The van der Waals surface area contributed by atoms with Crippen molar-refractivity contribution in [2.45, 2.75) is 19.8 Å². The first-order chi connectivity index (χ1) is 10.1. The summed E-state index contributed by atoms with van der Waals surface area (Å²) in [7, 11) is 0. The van der Waals surface area contributed by atoms with Gasteiger partial charge in [-0.15, -0.1) is 5.10 Å². The van der Waals surface area contributed by atoms with E-state index in [1.807, 2.05) is 13.8 Å². The van der Waals surface area contributed by atoms with Crippen LogP contribution in [0.15, 0.2) is 24.3 Å². The molecule has 0 saturated heterocycles. The first kappa shape index (κ1) is 15.4. The van der Waals surface area contributed by atoms with Crippen LogP contribution in [0.5, 0.6) is 5.75 Å². The van der Waals surface area contributed by atoms with Gasteiger partial charge < -0.3 is 15.8 Å². The zero-order valence-electron chi connectivity index (χ0n) is 12.0. The number of carbonyl (C=O) groups is 1. The van der Waals surface area contributed by atoms with E-state index < -0.39 is 0 Å². The number of hydrogen-bond acceptors (Lipinski definition) is 6. The Morgan fingerprint density at radius 1 is 1.38 bits per heavy atom. The molecule has 1 aromatic heterocycles.